The quantitative estimate of drug-likeness (QED) is 0.0278. The molecule has 0 saturated carbocycles. The zero-order valence-corrected chi connectivity index (χ0v) is 35.8. The van der Waals surface area contributed by atoms with E-state index in [0.29, 0.717) is 6.42 Å². The molecule has 3 atom stereocenters. The molecule has 0 aliphatic heterocycles. The molecule has 0 radical (unpaired) electrons. The standard InChI is InChI=1S/C45H89NO6S/c1-3-5-7-9-11-13-15-17-19-21-22-24-26-28-30-32-34-36-38-40-44(48)45(49)46-42(41-53(50,51)52)43(47)39-37-35-33-31-29-27-25-23-20-18-16-14-12-10-8-6-4-2/h37,39,42-44,47-48H,3-36,38,40-41H2,1-2H3,(H,46,49)(H,50,51,52)/b39-37+. The van der Waals surface area contributed by atoms with E-state index in [9.17, 15) is 28.0 Å². The van der Waals surface area contributed by atoms with Crippen LogP contribution in [0.15, 0.2) is 12.2 Å². The molecule has 4 N–H and O–H groups in total. The summed E-state index contributed by atoms with van der Waals surface area (Å²) in [6.45, 7) is 4.53. The van der Waals surface area contributed by atoms with Crippen LogP contribution in [0.2, 0.25) is 0 Å². The second-order valence-corrected chi connectivity index (χ2v) is 17.7. The van der Waals surface area contributed by atoms with Crippen molar-refractivity contribution >= 4 is 16.0 Å². The fourth-order valence-corrected chi connectivity index (χ4v) is 8.02. The average Bonchev–Trinajstić information content (AvgIpc) is 3.12. The summed E-state index contributed by atoms with van der Waals surface area (Å²) >= 11 is 0. The first-order chi connectivity index (χ1) is 25.7. The Morgan fingerprint density at radius 2 is 0.811 bits per heavy atom. The fourth-order valence-electron chi connectivity index (χ4n) is 7.28. The van der Waals surface area contributed by atoms with Crippen LogP contribution in [-0.4, -0.2) is 53.1 Å². The minimum Gasteiger partial charge on any atom is -0.387 e. The Kier molecular flexibility index (Phi) is 38.6. The van der Waals surface area contributed by atoms with Gasteiger partial charge in [-0.1, -0.05) is 238 Å². The molecule has 0 bridgehead atoms. The van der Waals surface area contributed by atoms with E-state index in [1.165, 1.54) is 186 Å². The summed E-state index contributed by atoms with van der Waals surface area (Å²) in [6.07, 6.45) is 45.5. The predicted octanol–water partition coefficient (Wildman–Crippen LogP) is 12.7. The van der Waals surface area contributed by atoms with Gasteiger partial charge >= 0.3 is 0 Å². The maximum absolute atomic E-state index is 12.6. The molecule has 0 aromatic heterocycles. The van der Waals surface area contributed by atoms with Crippen LogP contribution in [0.5, 0.6) is 0 Å². The van der Waals surface area contributed by atoms with Crippen LogP contribution in [-0.2, 0) is 14.9 Å². The number of aliphatic hydroxyl groups excluding tert-OH is 2. The van der Waals surface area contributed by atoms with Crippen molar-refractivity contribution in [2.75, 3.05) is 5.75 Å². The molecule has 7 nitrogen and oxygen atoms in total. The van der Waals surface area contributed by atoms with Gasteiger partial charge in [0.15, 0.2) is 0 Å². The molecule has 0 aromatic rings. The Balaban J connectivity index is 3.93. The molecule has 0 rings (SSSR count). The second kappa shape index (κ2) is 39.3. The number of amides is 1. The molecule has 0 spiro atoms. The highest BCUT2D eigenvalue weighted by Crippen LogP contribution is 2.17. The monoisotopic (exact) mass is 772 g/mol. The van der Waals surface area contributed by atoms with Crippen molar-refractivity contribution in [1.29, 1.82) is 0 Å². The van der Waals surface area contributed by atoms with Gasteiger partial charge in [0, 0.05) is 0 Å². The van der Waals surface area contributed by atoms with Gasteiger partial charge in [0.05, 0.1) is 17.9 Å². The van der Waals surface area contributed by atoms with E-state index in [-0.39, 0.29) is 6.42 Å². The number of rotatable bonds is 42. The normalized spacial score (nSPS) is 13.8. The Labute approximate surface area is 329 Å². The van der Waals surface area contributed by atoms with E-state index in [1.807, 2.05) is 6.08 Å². The topological polar surface area (TPSA) is 124 Å². The van der Waals surface area contributed by atoms with Crippen LogP contribution in [0, 0.1) is 0 Å². The van der Waals surface area contributed by atoms with Crippen molar-refractivity contribution in [3.8, 4) is 0 Å². The van der Waals surface area contributed by atoms with Crippen LogP contribution in [0.25, 0.3) is 0 Å². The summed E-state index contributed by atoms with van der Waals surface area (Å²) in [5.41, 5.74) is 0. The molecule has 0 saturated heterocycles. The van der Waals surface area contributed by atoms with Crippen molar-refractivity contribution in [3.63, 3.8) is 0 Å². The molecule has 316 valence electrons. The largest absolute Gasteiger partial charge is 0.387 e. The SMILES string of the molecule is CCCCCCCCCCCCCCCCC/C=C/C(O)C(CS(=O)(=O)O)NC(=O)C(O)CCCCCCCCCCCCCCCCCCCCC. The summed E-state index contributed by atoms with van der Waals surface area (Å²) in [4.78, 5) is 12.6. The highest BCUT2D eigenvalue weighted by molar-refractivity contribution is 7.85. The number of allylic oxidation sites excluding steroid dienone is 1. The van der Waals surface area contributed by atoms with Gasteiger partial charge in [-0.25, -0.2) is 0 Å². The molecule has 0 aliphatic rings. The lowest BCUT2D eigenvalue weighted by Gasteiger charge is -2.22. The summed E-state index contributed by atoms with van der Waals surface area (Å²) in [5, 5.41) is 23.5. The smallest absolute Gasteiger partial charge is 0.267 e. The second-order valence-electron chi connectivity index (χ2n) is 16.2. The van der Waals surface area contributed by atoms with E-state index < -0.39 is 40.0 Å². The van der Waals surface area contributed by atoms with Gasteiger partial charge in [0.1, 0.15) is 6.10 Å². The van der Waals surface area contributed by atoms with Gasteiger partial charge in [-0.05, 0) is 19.3 Å². The Bertz CT molecular complexity index is 911. The van der Waals surface area contributed by atoms with Crippen LogP contribution in [0.4, 0.5) is 0 Å². The summed E-state index contributed by atoms with van der Waals surface area (Å²) in [5.74, 6) is -1.52. The van der Waals surface area contributed by atoms with Crippen LogP contribution >= 0.6 is 0 Å². The van der Waals surface area contributed by atoms with Gasteiger partial charge < -0.3 is 15.5 Å². The first kappa shape index (κ1) is 52.0. The fraction of sp³-hybridized carbons (Fsp3) is 0.933. The minimum absolute atomic E-state index is 0.286. The van der Waals surface area contributed by atoms with Gasteiger partial charge in [0.2, 0.25) is 5.91 Å². The molecule has 0 aromatic carbocycles. The van der Waals surface area contributed by atoms with Gasteiger partial charge in [0.25, 0.3) is 10.1 Å². The Morgan fingerprint density at radius 1 is 0.509 bits per heavy atom. The number of unbranched alkanes of at least 4 members (excludes halogenated alkanes) is 33. The van der Waals surface area contributed by atoms with Crippen LogP contribution < -0.4 is 5.32 Å². The van der Waals surface area contributed by atoms with E-state index in [2.05, 4.69) is 19.2 Å². The van der Waals surface area contributed by atoms with Gasteiger partial charge in [-0.3, -0.25) is 9.35 Å². The molecule has 8 heteroatoms. The highest BCUT2D eigenvalue weighted by atomic mass is 32.2. The number of hydrogen-bond donors (Lipinski definition) is 4. The zero-order chi connectivity index (χ0) is 39.1. The third-order valence-electron chi connectivity index (χ3n) is 10.8. The van der Waals surface area contributed by atoms with Crippen molar-refractivity contribution < 1.29 is 28.0 Å². The van der Waals surface area contributed by atoms with Crippen LogP contribution in [0.1, 0.15) is 245 Å². The molecule has 0 aliphatic carbocycles. The molecule has 53 heavy (non-hydrogen) atoms. The maximum atomic E-state index is 12.6. The number of nitrogens with one attached hydrogen (secondary N) is 1. The molecule has 3 unspecified atom stereocenters. The third-order valence-corrected chi connectivity index (χ3v) is 11.6. The lowest BCUT2D eigenvalue weighted by atomic mass is 10.0. The van der Waals surface area contributed by atoms with Crippen molar-refractivity contribution in [2.45, 2.75) is 263 Å². The Hall–Kier alpha value is -0.960. The van der Waals surface area contributed by atoms with Gasteiger partial charge in [-0.2, -0.15) is 8.42 Å². The molecular formula is C45H89NO6S. The highest BCUT2D eigenvalue weighted by Gasteiger charge is 2.27. The first-order valence-electron chi connectivity index (χ1n) is 23.0. The lowest BCUT2D eigenvalue weighted by Crippen LogP contribution is -2.50. The number of hydrogen-bond acceptors (Lipinski definition) is 5. The maximum Gasteiger partial charge on any atom is 0.267 e. The molecule has 1 amide bonds. The average molecular weight is 772 g/mol. The zero-order valence-electron chi connectivity index (χ0n) is 35.0. The summed E-state index contributed by atoms with van der Waals surface area (Å²) < 4.78 is 32.6. The van der Waals surface area contributed by atoms with Gasteiger partial charge in [-0.15, -0.1) is 0 Å². The minimum atomic E-state index is -4.44. The van der Waals surface area contributed by atoms with E-state index in [1.54, 1.807) is 0 Å². The van der Waals surface area contributed by atoms with E-state index >= 15 is 0 Å². The Morgan fingerprint density at radius 3 is 1.13 bits per heavy atom. The summed E-state index contributed by atoms with van der Waals surface area (Å²) in [7, 11) is -4.44. The number of aliphatic hydroxyl groups is 2. The number of carbonyl (C=O) groups excluding carboxylic acids is 1. The molecule has 0 heterocycles. The van der Waals surface area contributed by atoms with Crippen molar-refractivity contribution in [1.82, 2.24) is 5.32 Å². The van der Waals surface area contributed by atoms with Crippen molar-refractivity contribution in [3.05, 3.63) is 12.2 Å². The third kappa shape index (κ3) is 39.1. The predicted molar refractivity (Wildman–Crippen MR) is 227 cm³/mol. The molecular weight excluding hydrogens is 683 g/mol. The lowest BCUT2D eigenvalue weighted by molar-refractivity contribution is -0.130. The number of carbonyl (C=O) groups is 1. The van der Waals surface area contributed by atoms with Crippen LogP contribution in [0.3, 0.4) is 0 Å². The molecule has 0 fully saturated rings. The van der Waals surface area contributed by atoms with E-state index in [4.69, 9.17) is 0 Å². The first-order valence-corrected chi connectivity index (χ1v) is 24.6. The van der Waals surface area contributed by atoms with E-state index in [0.717, 1.165) is 38.5 Å². The van der Waals surface area contributed by atoms with Crippen molar-refractivity contribution in [2.24, 2.45) is 0 Å². The summed E-state index contributed by atoms with van der Waals surface area (Å²) in [6, 6.07) is -1.23.